The average Bonchev–Trinajstić information content (AvgIpc) is 4.08. The van der Waals surface area contributed by atoms with Gasteiger partial charge in [0.25, 0.3) is 5.91 Å². The molecule has 2 saturated carbocycles. The second-order valence-corrected chi connectivity index (χ2v) is 19.4. The minimum Gasteiger partial charge on any atom is -0.497 e. The number of carbonyl (C=O) groups is 4. The van der Waals surface area contributed by atoms with Gasteiger partial charge < -0.3 is 24.8 Å². The molecule has 3 fully saturated rings. The van der Waals surface area contributed by atoms with Gasteiger partial charge in [-0.25, -0.2) is 22.6 Å². The van der Waals surface area contributed by atoms with E-state index in [9.17, 15) is 63.4 Å². The highest BCUT2D eigenvalue weighted by Gasteiger charge is 2.64. The summed E-state index contributed by atoms with van der Waals surface area (Å²) in [4.78, 5) is 61.1. The van der Waals surface area contributed by atoms with E-state index in [1.807, 2.05) is 4.72 Å². The summed E-state index contributed by atoms with van der Waals surface area (Å²) in [7, 11) is -3.34. The molecule has 1 aromatic carbocycles. The monoisotopic (exact) mass is 907 g/mol. The van der Waals surface area contributed by atoms with E-state index in [1.165, 1.54) is 26.2 Å². The lowest BCUT2D eigenvalue weighted by atomic mass is 9.85. The normalized spacial score (nSPS) is 28.2. The molecule has 2 aliphatic carbocycles. The molecule has 0 unspecified atom stereocenters. The molecule has 7 atom stereocenters. The van der Waals surface area contributed by atoms with E-state index in [0.717, 1.165) is 11.0 Å². The van der Waals surface area contributed by atoms with Gasteiger partial charge in [0.2, 0.25) is 27.7 Å². The van der Waals surface area contributed by atoms with Gasteiger partial charge >= 0.3 is 18.4 Å². The molecule has 342 valence electrons. The molecule has 1 saturated heterocycles. The molecular weight excluding hydrogens is 860 g/mol. The number of rotatable bonds is 9. The number of fused-ring (bicyclic) bond motifs is 3. The van der Waals surface area contributed by atoms with Crippen molar-refractivity contribution in [2.45, 2.75) is 119 Å². The fraction of sp³-hybridized carbons (Fsp3) is 0.625. The Kier molecular flexibility index (Phi) is 12.3. The van der Waals surface area contributed by atoms with Crippen molar-refractivity contribution in [1.29, 1.82) is 0 Å². The Bertz CT molecular complexity index is 2250. The summed E-state index contributed by atoms with van der Waals surface area (Å²) >= 11 is 0. The molecule has 22 heteroatoms. The quantitative estimate of drug-likeness (QED) is 0.195. The third-order valence-corrected chi connectivity index (χ3v) is 14.8. The standard InChI is InChI=1S/C40H48F7N5O9S/c1-21-8-6-7-9-23-17-38(23,34(55)50-62(58,59)37(20-41)12-13-37)49-31(53)29-16-25(61-32-26-11-10-24(60-5)15-27(26)28(18-48-32)39(42,43)44)19-51(29)33(54)30(22(2)14-21)52(35(56)57)36(3,4)40(45,46)47/h7,9-11,15,18,21-23,25,29-30H,6,8,12-14,16-17,19-20H2,1-5H3,(H,49,53)(H,50,55)(H,56,57)/t21-,22+,23+,25+,29-,30-,38+/m0/s1. The van der Waals surface area contributed by atoms with Gasteiger partial charge in [0.15, 0.2) is 0 Å². The van der Waals surface area contributed by atoms with Gasteiger partial charge in [-0.05, 0) is 82.4 Å². The summed E-state index contributed by atoms with van der Waals surface area (Å²) in [5.41, 5.74) is -6.25. The predicted octanol–water partition coefficient (Wildman–Crippen LogP) is 6.14. The van der Waals surface area contributed by atoms with Crippen LogP contribution in [0.25, 0.3) is 10.8 Å². The zero-order chi connectivity index (χ0) is 46.0. The molecule has 2 aromatic rings. The number of aromatic nitrogens is 1. The molecule has 14 nitrogen and oxygen atoms in total. The van der Waals surface area contributed by atoms with Crippen LogP contribution in [0.5, 0.6) is 11.6 Å². The van der Waals surface area contributed by atoms with E-state index < -0.39 is 117 Å². The first-order valence-electron chi connectivity index (χ1n) is 19.9. The zero-order valence-corrected chi connectivity index (χ0v) is 35.2. The molecule has 62 heavy (non-hydrogen) atoms. The van der Waals surface area contributed by atoms with Crippen molar-refractivity contribution in [3.05, 3.63) is 42.1 Å². The van der Waals surface area contributed by atoms with Crippen LogP contribution in [0.3, 0.4) is 0 Å². The van der Waals surface area contributed by atoms with Crippen molar-refractivity contribution in [1.82, 2.24) is 24.8 Å². The van der Waals surface area contributed by atoms with E-state index >= 15 is 0 Å². The lowest BCUT2D eigenvalue weighted by Crippen LogP contribution is -2.66. The summed E-state index contributed by atoms with van der Waals surface area (Å²) in [5, 5.41) is 12.4. The van der Waals surface area contributed by atoms with Crippen LogP contribution in [0.1, 0.15) is 78.2 Å². The molecule has 6 rings (SSSR count). The number of alkyl halides is 7. The first-order valence-corrected chi connectivity index (χ1v) is 21.4. The topological polar surface area (TPSA) is 185 Å². The first kappa shape index (κ1) is 46.6. The average molecular weight is 908 g/mol. The van der Waals surface area contributed by atoms with Crippen molar-refractivity contribution in [3.63, 3.8) is 0 Å². The van der Waals surface area contributed by atoms with Gasteiger partial charge in [0.05, 0.1) is 19.2 Å². The number of hydrogen-bond acceptors (Lipinski definition) is 9. The Morgan fingerprint density at radius 2 is 1.76 bits per heavy atom. The van der Waals surface area contributed by atoms with E-state index in [2.05, 4.69) is 10.3 Å². The van der Waals surface area contributed by atoms with Gasteiger partial charge in [-0.3, -0.25) is 24.0 Å². The van der Waals surface area contributed by atoms with Gasteiger partial charge in [-0.15, -0.1) is 0 Å². The maximum atomic E-state index is 15.0. The number of nitrogens with one attached hydrogen (secondary N) is 2. The number of methoxy groups -OCH3 is 1. The minimum absolute atomic E-state index is 0.0154. The summed E-state index contributed by atoms with van der Waals surface area (Å²) in [5.74, 6) is -6.03. The number of nitrogens with zero attached hydrogens (tertiary/aromatic N) is 3. The Morgan fingerprint density at radius 3 is 2.34 bits per heavy atom. The van der Waals surface area contributed by atoms with Crippen LogP contribution < -0.4 is 19.5 Å². The van der Waals surface area contributed by atoms with E-state index in [-0.39, 0.29) is 58.9 Å². The number of benzene rings is 1. The van der Waals surface area contributed by atoms with Crippen LogP contribution >= 0.6 is 0 Å². The summed E-state index contributed by atoms with van der Waals surface area (Å²) in [6, 6.07) is -0.103. The number of sulfonamides is 1. The number of amides is 4. The fourth-order valence-electron chi connectivity index (χ4n) is 8.54. The summed E-state index contributed by atoms with van der Waals surface area (Å²) in [6.45, 7) is 2.48. The number of pyridine rings is 1. The Balaban J connectivity index is 1.44. The third kappa shape index (κ3) is 8.58. The zero-order valence-electron chi connectivity index (χ0n) is 34.4. The summed E-state index contributed by atoms with van der Waals surface area (Å²) in [6.07, 6.45) is -9.62. The molecular formula is C40H48F7N5O9S. The van der Waals surface area contributed by atoms with Crippen LogP contribution in [0.15, 0.2) is 36.5 Å². The highest BCUT2D eigenvalue weighted by Crippen LogP contribution is 2.48. The highest BCUT2D eigenvalue weighted by molar-refractivity contribution is 7.91. The minimum atomic E-state index is -5.20. The van der Waals surface area contributed by atoms with Crippen LogP contribution in [0.4, 0.5) is 35.5 Å². The lowest BCUT2D eigenvalue weighted by Gasteiger charge is -2.45. The van der Waals surface area contributed by atoms with Crippen LogP contribution in [0.2, 0.25) is 0 Å². The van der Waals surface area contributed by atoms with E-state index in [0.29, 0.717) is 32.9 Å². The number of allylic oxidation sites excluding steroid dienone is 1. The molecule has 2 aliphatic heterocycles. The van der Waals surface area contributed by atoms with Crippen molar-refractivity contribution in [3.8, 4) is 11.6 Å². The molecule has 4 amide bonds. The van der Waals surface area contributed by atoms with Crippen molar-refractivity contribution < 1.29 is 72.9 Å². The fourth-order valence-corrected chi connectivity index (χ4v) is 9.96. The molecule has 4 aliphatic rings. The molecule has 0 bridgehead atoms. The predicted molar refractivity (Wildman–Crippen MR) is 207 cm³/mol. The van der Waals surface area contributed by atoms with Crippen molar-refractivity contribution in [2.75, 3.05) is 20.3 Å². The largest absolute Gasteiger partial charge is 0.497 e. The lowest BCUT2D eigenvalue weighted by molar-refractivity contribution is -0.222. The molecule has 3 heterocycles. The van der Waals surface area contributed by atoms with Crippen LogP contribution in [-0.4, -0.2) is 113 Å². The Morgan fingerprint density at radius 1 is 1.08 bits per heavy atom. The van der Waals surface area contributed by atoms with Crippen molar-refractivity contribution >= 4 is 44.6 Å². The Labute approximate surface area is 352 Å². The smallest absolute Gasteiger partial charge is 0.418 e. The number of hydrogen-bond donors (Lipinski definition) is 3. The third-order valence-electron chi connectivity index (χ3n) is 12.6. The van der Waals surface area contributed by atoms with Gasteiger partial charge in [0.1, 0.15) is 46.4 Å². The van der Waals surface area contributed by atoms with Gasteiger partial charge in [-0.1, -0.05) is 26.0 Å². The second kappa shape index (κ2) is 16.3. The maximum Gasteiger partial charge on any atom is 0.418 e. The van der Waals surface area contributed by atoms with Gasteiger partial charge in [-0.2, -0.15) is 26.3 Å². The number of halogens is 7. The first-order chi connectivity index (χ1) is 28.7. The van der Waals surface area contributed by atoms with Crippen LogP contribution in [0, 0.1) is 17.8 Å². The van der Waals surface area contributed by atoms with Crippen molar-refractivity contribution in [2.24, 2.45) is 17.8 Å². The Hall–Kier alpha value is -4.89. The number of ether oxygens (including phenoxy) is 2. The number of carbonyl (C=O) groups excluding carboxylic acids is 3. The van der Waals surface area contributed by atoms with E-state index in [4.69, 9.17) is 9.47 Å². The molecule has 1 aromatic heterocycles. The molecule has 0 spiro atoms. The SMILES string of the molecule is COc1ccc2c(O[C@@H]3C[C@H]4C(=O)N[C@]5(C(=O)NS(=O)(=O)C6(CF)CC6)C[C@H]5C=CCC[C@H](C)C[C@@H](C)[C@H](N(C(=O)O)C(C)(C)C(F)(F)F)C(=O)N4C3)ncc(C(F)(F)F)c2c1. The molecule has 3 N–H and O–H groups in total. The summed E-state index contributed by atoms with van der Waals surface area (Å²) < 4.78 is 138. The second-order valence-electron chi connectivity index (χ2n) is 17.4. The maximum absolute atomic E-state index is 15.0. The van der Waals surface area contributed by atoms with Crippen LogP contribution in [-0.2, 0) is 30.6 Å². The van der Waals surface area contributed by atoms with Gasteiger partial charge in [0, 0.05) is 29.3 Å². The molecule has 0 radical (unpaired) electrons. The van der Waals surface area contributed by atoms with E-state index in [1.54, 1.807) is 19.1 Å². The highest BCUT2D eigenvalue weighted by atomic mass is 32.2. The number of carboxylic acid groups (broad SMARTS) is 1.